The van der Waals surface area contributed by atoms with Crippen molar-refractivity contribution in [2.75, 3.05) is 22.4 Å². The van der Waals surface area contributed by atoms with Gasteiger partial charge in [0.05, 0.1) is 10.6 Å². The zero-order chi connectivity index (χ0) is 21.7. The Hall–Kier alpha value is -2.48. The normalized spacial score (nSPS) is 11.2. The smallest absolute Gasteiger partial charge is 0.264 e. The van der Waals surface area contributed by atoms with Gasteiger partial charge in [-0.2, -0.15) is 0 Å². The Balaban J connectivity index is 1.97. The molecule has 0 aliphatic heterocycles. The molecule has 0 saturated heterocycles. The molecule has 0 atom stereocenters. The molecule has 30 heavy (non-hydrogen) atoms. The standard InChI is InChI=1S/C22H21ClN2O3S2/c1-16-11-12-17(23)13-21(16)25(30(27,28)20-9-4-3-5-10-20)15-22(26)24-18-7-6-8-19(14-18)29-2/h3-14H,15H2,1-2H3,(H,24,26). The predicted octanol–water partition coefficient (Wildman–Crippen LogP) is 5.20. The summed E-state index contributed by atoms with van der Waals surface area (Å²) in [6.45, 7) is 1.39. The molecule has 8 heteroatoms. The number of carbonyl (C=O) groups excluding carboxylic acids is 1. The maximum Gasteiger partial charge on any atom is 0.264 e. The van der Waals surface area contributed by atoms with Gasteiger partial charge in [-0.1, -0.05) is 41.9 Å². The first kappa shape index (κ1) is 22.2. The molecule has 5 nitrogen and oxygen atoms in total. The topological polar surface area (TPSA) is 66.5 Å². The van der Waals surface area contributed by atoms with Crippen molar-refractivity contribution in [2.24, 2.45) is 0 Å². The Kier molecular flexibility index (Phi) is 7.07. The summed E-state index contributed by atoms with van der Waals surface area (Å²) >= 11 is 7.69. The monoisotopic (exact) mass is 460 g/mol. The van der Waals surface area contributed by atoms with Crippen molar-refractivity contribution in [2.45, 2.75) is 16.7 Å². The van der Waals surface area contributed by atoms with E-state index >= 15 is 0 Å². The van der Waals surface area contributed by atoms with E-state index in [4.69, 9.17) is 11.6 Å². The van der Waals surface area contributed by atoms with Crippen LogP contribution in [0.5, 0.6) is 0 Å². The molecule has 0 aliphatic carbocycles. The molecule has 1 N–H and O–H groups in total. The van der Waals surface area contributed by atoms with Crippen LogP contribution in [0.25, 0.3) is 0 Å². The Morgan fingerprint density at radius 3 is 2.47 bits per heavy atom. The highest BCUT2D eigenvalue weighted by atomic mass is 35.5. The molecule has 156 valence electrons. The molecule has 0 heterocycles. The van der Waals surface area contributed by atoms with Crippen molar-refractivity contribution in [1.82, 2.24) is 0 Å². The van der Waals surface area contributed by atoms with E-state index in [0.717, 1.165) is 9.20 Å². The first-order valence-electron chi connectivity index (χ1n) is 9.09. The number of nitrogens with one attached hydrogen (secondary N) is 1. The number of rotatable bonds is 7. The summed E-state index contributed by atoms with van der Waals surface area (Å²) in [6, 6.07) is 20.4. The molecule has 0 aromatic heterocycles. The van der Waals surface area contributed by atoms with Crippen molar-refractivity contribution in [1.29, 1.82) is 0 Å². The molecule has 0 unspecified atom stereocenters. The highest BCUT2D eigenvalue weighted by Gasteiger charge is 2.28. The Bertz CT molecular complexity index is 1150. The molecule has 0 spiro atoms. The van der Waals surface area contributed by atoms with Gasteiger partial charge in [0.2, 0.25) is 5.91 Å². The summed E-state index contributed by atoms with van der Waals surface area (Å²) in [5.41, 5.74) is 1.65. The lowest BCUT2D eigenvalue weighted by Crippen LogP contribution is -2.38. The number of anilines is 2. The van der Waals surface area contributed by atoms with Crippen LogP contribution in [0.15, 0.2) is 82.6 Å². The highest BCUT2D eigenvalue weighted by molar-refractivity contribution is 7.98. The fraction of sp³-hybridized carbons (Fsp3) is 0.136. The molecule has 3 aromatic rings. The second kappa shape index (κ2) is 9.55. The SMILES string of the molecule is CSc1cccc(NC(=O)CN(c2cc(Cl)ccc2C)S(=O)(=O)c2ccccc2)c1. The predicted molar refractivity (Wildman–Crippen MR) is 124 cm³/mol. The molecule has 3 rings (SSSR count). The lowest BCUT2D eigenvalue weighted by atomic mass is 10.2. The van der Waals surface area contributed by atoms with E-state index in [-0.39, 0.29) is 11.4 Å². The number of aryl methyl sites for hydroxylation is 1. The van der Waals surface area contributed by atoms with Gasteiger partial charge in [0.25, 0.3) is 10.0 Å². The average molecular weight is 461 g/mol. The number of thioether (sulfide) groups is 1. The third-order valence-electron chi connectivity index (χ3n) is 4.41. The van der Waals surface area contributed by atoms with Crippen LogP contribution >= 0.6 is 23.4 Å². The van der Waals surface area contributed by atoms with Gasteiger partial charge in [0.1, 0.15) is 6.54 Å². The van der Waals surface area contributed by atoms with Crippen LogP contribution < -0.4 is 9.62 Å². The first-order chi connectivity index (χ1) is 14.3. The van der Waals surface area contributed by atoms with Crippen LogP contribution in [-0.4, -0.2) is 27.1 Å². The van der Waals surface area contributed by atoms with Gasteiger partial charge in [0.15, 0.2) is 0 Å². The van der Waals surface area contributed by atoms with E-state index in [9.17, 15) is 13.2 Å². The Morgan fingerprint density at radius 2 is 1.77 bits per heavy atom. The van der Waals surface area contributed by atoms with Gasteiger partial charge >= 0.3 is 0 Å². The highest BCUT2D eigenvalue weighted by Crippen LogP contribution is 2.29. The summed E-state index contributed by atoms with van der Waals surface area (Å²) < 4.78 is 27.9. The van der Waals surface area contributed by atoms with Gasteiger partial charge in [-0.3, -0.25) is 9.10 Å². The second-order valence-corrected chi connectivity index (χ2v) is 9.71. The Labute approximate surface area is 186 Å². The molecule has 3 aromatic carbocycles. The largest absolute Gasteiger partial charge is 0.324 e. The fourth-order valence-corrected chi connectivity index (χ4v) is 5.03. The van der Waals surface area contributed by atoms with E-state index in [1.54, 1.807) is 61.2 Å². The number of benzene rings is 3. The molecule has 0 fully saturated rings. The third kappa shape index (κ3) is 5.16. The average Bonchev–Trinajstić information content (AvgIpc) is 2.74. The number of halogens is 1. The molecular formula is C22H21ClN2O3S2. The summed E-state index contributed by atoms with van der Waals surface area (Å²) in [7, 11) is -3.98. The summed E-state index contributed by atoms with van der Waals surface area (Å²) in [4.78, 5) is 13.9. The molecular weight excluding hydrogens is 440 g/mol. The van der Waals surface area contributed by atoms with Crippen molar-refractivity contribution >= 4 is 50.7 Å². The van der Waals surface area contributed by atoms with Crippen molar-refractivity contribution < 1.29 is 13.2 Å². The van der Waals surface area contributed by atoms with E-state index in [1.807, 2.05) is 24.5 Å². The number of nitrogens with zero attached hydrogens (tertiary/aromatic N) is 1. The number of hydrogen-bond acceptors (Lipinski definition) is 4. The lowest BCUT2D eigenvalue weighted by molar-refractivity contribution is -0.114. The number of hydrogen-bond donors (Lipinski definition) is 1. The maximum atomic E-state index is 13.4. The Morgan fingerprint density at radius 1 is 1.03 bits per heavy atom. The van der Waals surface area contributed by atoms with Crippen LogP contribution in [-0.2, 0) is 14.8 Å². The van der Waals surface area contributed by atoms with E-state index in [1.165, 1.54) is 12.1 Å². The van der Waals surface area contributed by atoms with Crippen LogP contribution in [0.3, 0.4) is 0 Å². The van der Waals surface area contributed by atoms with Crippen molar-refractivity contribution in [3.05, 3.63) is 83.4 Å². The van der Waals surface area contributed by atoms with Crippen LogP contribution in [0.2, 0.25) is 5.02 Å². The van der Waals surface area contributed by atoms with E-state index in [0.29, 0.717) is 22.0 Å². The van der Waals surface area contributed by atoms with E-state index < -0.39 is 15.9 Å². The zero-order valence-electron chi connectivity index (χ0n) is 16.5. The quantitative estimate of drug-likeness (QED) is 0.492. The second-order valence-electron chi connectivity index (χ2n) is 6.54. The number of amides is 1. The van der Waals surface area contributed by atoms with E-state index in [2.05, 4.69) is 5.32 Å². The minimum Gasteiger partial charge on any atom is -0.324 e. The van der Waals surface area contributed by atoms with Crippen LogP contribution in [0.4, 0.5) is 11.4 Å². The van der Waals surface area contributed by atoms with Crippen molar-refractivity contribution in [3.8, 4) is 0 Å². The summed E-state index contributed by atoms with van der Waals surface area (Å²) in [6.07, 6.45) is 1.94. The third-order valence-corrected chi connectivity index (χ3v) is 7.15. The van der Waals surface area contributed by atoms with Gasteiger partial charge < -0.3 is 5.32 Å². The van der Waals surface area contributed by atoms with Gasteiger partial charge in [-0.25, -0.2) is 8.42 Å². The van der Waals surface area contributed by atoms with Gasteiger partial charge in [0, 0.05) is 15.6 Å². The lowest BCUT2D eigenvalue weighted by Gasteiger charge is -2.26. The molecule has 0 saturated carbocycles. The van der Waals surface area contributed by atoms with Crippen LogP contribution in [0.1, 0.15) is 5.56 Å². The van der Waals surface area contributed by atoms with Crippen molar-refractivity contribution in [3.63, 3.8) is 0 Å². The van der Waals surface area contributed by atoms with Gasteiger partial charge in [-0.15, -0.1) is 11.8 Å². The zero-order valence-corrected chi connectivity index (χ0v) is 18.9. The van der Waals surface area contributed by atoms with Crippen LogP contribution in [0, 0.1) is 6.92 Å². The molecule has 0 bridgehead atoms. The van der Waals surface area contributed by atoms with Gasteiger partial charge in [-0.05, 0) is 61.2 Å². The number of carbonyl (C=O) groups is 1. The minimum absolute atomic E-state index is 0.0987. The fourth-order valence-electron chi connectivity index (χ4n) is 2.90. The molecule has 0 aliphatic rings. The first-order valence-corrected chi connectivity index (χ1v) is 12.1. The maximum absolute atomic E-state index is 13.4. The summed E-state index contributed by atoms with van der Waals surface area (Å²) in [5, 5.41) is 3.17. The minimum atomic E-state index is -3.98. The summed E-state index contributed by atoms with van der Waals surface area (Å²) in [5.74, 6) is -0.452. The number of sulfonamides is 1. The molecule has 0 radical (unpaired) electrons. The molecule has 1 amide bonds.